The van der Waals surface area contributed by atoms with Crippen LogP contribution < -0.4 is 0 Å². The van der Waals surface area contributed by atoms with Gasteiger partial charge in [0, 0.05) is 31.0 Å². The van der Waals surface area contributed by atoms with Gasteiger partial charge >= 0.3 is 0 Å². The van der Waals surface area contributed by atoms with Crippen molar-refractivity contribution >= 4 is 17.5 Å². The number of nitrogens with zero attached hydrogens (tertiary/aromatic N) is 1. The first-order valence-corrected chi connectivity index (χ1v) is 9.59. The lowest BCUT2D eigenvalue weighted by Crippen LogP contribution is -2.27. The van der Waals surface area contributed by atoms with E-state index in [-0.39, 0.29) is 5.91 Å². The van der Waals surface area contributed by atoms with Gasteiger partial charge in [-0.15, -0.1) is 0 Å². The van der Waals surface area contributed by atoms with Gasteiger partial charge < -0.3 is 4.90 Å². The number of allylic oxidation sites excluding steroid dienone is 4. The van der Waals surface area contributed by atoms with Gasteiger partial charge in [-0.2, -0.15) is 0 Å². The van der Waals surface area contributed by atoms with E-state index in [1.807, 2.05) is 11.0 Å². The molecule has 0 aromatic heterocycles. The second kappa shape index (κ2) is 8.53. The third-order valence-corrected chi connectivity index (χ3v) is 5.36. The number of halogens is 1. The first-order valence-electron chi connectivity index (χ1n) is 9.21. The number of benzene rings is 1. The van der Waals surface area contributed by atoms with Crippen LogP contribution in [-0.4, -0.2) is 23.9 Å². The molecule has 3 heteroatoms. The van der Waals surface area contributed by atoms with Crippen molar-refractivity contribution in [3.8, 4) is 0 Å². The van der Waals surface area contributed by atoms with Gasteiger partial charge in [-0.25, -0.2) is 0 Å². The third kappa shape index (κ3) is 4.85. The Balaban J connectivity index is 1.64. The molecule has 0 spiro atoms. The molecule has 132 valence electrons. The fourth-order valence-electron chi connectivity index (χ4n) is 3.69. The van der Waals surface area contributed by atoms with E-state index < -0.39 is 0 Å². The number of amides is 1. The quantitative estimate of drug-likeness (QED) is 0.681. The molecule has 2 nitrogen and oxygen atoms in total. The maximum atomic E-state index is 12.3. The van der Waals surface area contributed by atoms with Gasteiger partial charge in [0.15, 0.2) is 0 Å². The van der Waals surface area contributed by atoms with Gasteiger partial charge in [0.2, 0.25) is 5.91 Å². The zero-order valence-corrected chi connectivity index (χ0v) is 15.6. The molecular formula is C22H26ClNO. The lowest BCUT2D eigenvalue weighted by Gasteiger charge is -2.18. The van der Waals surface area contributed by atoms with Crippen molar-refractivity contribution in [3.05, 3.63) is 70.3 Å². The van der Waals surface area contributed by atoms with Crippen LogP contribution in [0.15, 0.2) is 64.7 Å². The van der Waals surface area contributed by atoms with E-state index >= 15 is 0 Å². The molecule has 2 aliphatic rings. The largest absolute Gasteiger partial charge is 0.338 e. The Kier molecular flexibility index (Phi) is 6.14. The molecule has 1 aliphatic heterocycles. The molecule has 0 bridgehead atoms. The van der Waals surface area contributed by atoms with Crippen LogP contribution in [0.3, 0.4) is 0 Å². The van der Waals surface area contributed by atoms with Gasteiger partial charge in [-0.3, -0.25) is 4.79 Å². The van der Waals surface area contributed by atoms with E-state index in [1.165, 1.54) is 11.1 Å². The fourth-order valence-corrected chi connectivity index (χ4v) is 3.99. The van der Waals surface area contributed by atoms with Crippen LogP contribution in [0, 0.1) is 5.92 Å². The molecule has 1 saturated heterocycles. The number of carbonyl (C=O) groups excluding carboxylic acids is 1. The van der Waals surface area contributed by atoms with E-state index in [1.54, 1.807) is 0 Å². The third-order valence-electron chi connectivity index (χ3n) is 4.99. The topological polar surface area (TPSA) is 20.3 Å². The monoisotopic (exact) mass is 355 g/mol. The summed E-state index contributed by atoms with van der Waals surface area (Å²) in [6.45, 7) is 3.69. The number of likely N-dealkylation sites (tertiary alicyclic amines) is 1. The summed E-state index contributed by atoms with van der Waals surface area (Å²) < 4.78 is 0. The van der Waals surface area contributed by atoms with Gasteiger partial charge in [0.25, 0.3) is 0 Å². The highest BCUT2D eigenvalue weighted by atomic mass is 35.5. The van der Waals surface area contributed by atoms with Crippen LogP contribution in [-0.2, 0) is 11.2 Å². The van der Waals surface area contributed by atoms with Crippen molar-refractivity contribution in [2.45, 2.75) is 39.0 Å². The Morgan fingerprint density at radius 2 is 2.04 bits per heavy atom. The summed E-state index contributed by atoms with van der Waals surface area (Å²) in [7, 11) is 0. The van der Waals surface area contributed by atoms with Crippen LogP contribution in [0.1, 0.15) is 38.2 Å². The Hall–Kier alpha value is -1.80. The highest BCUT2D eigenvalue weighted by Gasteiger charge is 2.29. The zero-order valence-electron chi connectivity index (χ0n) is 14.9. The Bertz CT molecular complexity index is 702. The number of hydrogen-bond donors (Lipinski definition) is 0. The summed E-state index contributed by atoms with van der Waals surface area (Å²) >= 11 is 6.62. The molecule has 3 rings (SSSR count). The summed E-state index contributed by atoms with van der Waals surface area (Å²) in [5, 5.41) is 0.864. The Labute approximate surface area is 155 Å². The van der Waals surface area contributed by atoms with Crippen molar-refractivity contribution in [1.82, 2.24) is 4.90 Å². The summed E-state index contributed by atoms with van der Waals surface area (Å²) in [6, 6.07) is 10.5. The minimum absolute atomic E-state index is 0.269. The first-order chi connectivity index (χ1) is 12.2. The molecule has 0 saturated carbocycles. The predicted octanol–water partition coefficient (Wildman–Crippen LogP) is 5.26. The molecule has 1 fully saturated rings. The summed E-state index contributed by atoms with van der Waals surface area (Å²) in [6.07, 6.45) is 11.0. The highest BCUT2D eigenvalue weighted by Crippen LogP contribution is 2.28. The SMILES string of the molecule is CCCC1CC(=O)N(CC2=C(Cl)CC(Cc3ccccc3)=CC=C2)C1. The number of rotatable bonds is 6. The number of carbonyl (C=O) groups is 1. The lowest BCUT2D eigenvalue weighted by molar-refractivity contribution is -0.127. The maximum absolute atomic E-state index is 12.3. The van der Waals surface area contributed by atoms with Crippen LogP contribution in [0.4, 0.5) is 0 Å². The molecular weight excluding hydrogens is 330 g/mol. The van der Waals surface area contributed by atoms with Crippen LogP contribution in [0.5, 0.6) is 0 Å². The van der Waals surface area contributed by atoms with E-state index in [0.29, 0.717) is 18.9 Å². The average molecular weight is 356 g/mol. The molecule has 1 heterocycles. The Morgan fingerprint density at radius 1 is 1.24 bits per heavy atom. The molecule has 25 heavy (non-hydrogen) atoms. The maximum Gasteiger partial charge on any atom is 0.223 e. The minimum atomic E-state index is 0.269. The van der Waals surface area contributed by atoms with Crippen molar-refractivity contribution in [2.75, 3.05) is 13.1 Å². The van der Waals surface area contributed by atoms with Crippen molar-refractivity contribution in [3.63, 3.8) is 0 Å². The zero-order chi connectivity index (χ0) is 17.6. The first kappa shape index (κ1) is 18.0. The van der Waals surface area contributed by atoms with E-state index in [9.17, 15) is 4.79 Å². The van der Waals surface area contributed by atoms with Crippen molar-refractivity contribution in [2.24, 2.45) is 5.92 Å². The van der Waals surface area contributed by atoms with E-state index in [0.717, 1.165) is 42.8 Å². The standard InChI is InChI=1S/C22H26ClNO/c1-2-7-19-14-22(25)24(15-19)16-20-11-6-10-18(13-21(20)23)12-17-8-4-3-5-9-17/h3-6,8-11,19H,2,7,12-16H2,1H3. The molecule has 1 atom stereocenters. The van der Waals surface area contributed by atoms with Crippen molar-refractivity contribution < 1.29 is 4.79 Å². The van der Waals surface area contributed by atoms with E-state index in [2.05, 4.69) is 49.4 Å². The molecule has 1 aliphatic carbocycles. The van der Waals surface area contributed by atoms with Crippen LogP contribution in [0.25, 0.3) is 0 Å². The lowest BCUT2D eigenvalue weighted by atomic mass is 10.0. The van der Waals surface area contributed by atoms with E-state index in [4.69, 9.17) is 11.6 Å². The minimum Gasteiger partial charge on any atom is -0.338 e. The number of hydrogen-bond acceptors (Lipinski definition) is 1. The second-order valence-corrected chi connectivity index (χ2v) is 7.54. The van der Waals surface area contributed by atoms with Gasteiger partial charge in [0.05, 0.1) is 0 Å². The fraction of sp³-hybridized carbons (Fsp3) is 0.409. The highest BCUT2D eigenvalue weighted by molar-refractivity contribution is 6.30. The average Bonchev–Trinajstić information content (AvgIpc) is 2.84. The van der Waals surface area contributed by atoms with Crippen LogP contribution >= 0.6 is 11.6 Å². The van der Waals surface area contributed by atoms with Crippen LogP contribution in [0.2, 0.25) is 0 Å². The molecule has 1 aromatic carbocycles. The molecule has 1 aromatic rings. The predicted molar refractivity (Wildman–Crippen MR) is 104 cm³/mol. The normalized spacial score (nSPS) is 20.9. The molecule has 0 N–H and O–H groups in total. The Morgan fingerprint density at radius 3 is 2.80 bits per heavy atom. The van der Waals surface area contributed by atoms with Crippen molar-refractivity contribution in [1.29, 1.82) is 0 Å². The van der Waals surface area contributed by atoms with Gasteiger partial charge in [-0.1, -0.05) is 79.1 Å². The second-order valence-electron chi connectivity index (χ2n) is 7.09. The summed E-state index contributed by atoms with van der Waals surface area (Å²) in [5.74, 6) is 0.781. The van der Waals surface area contributed by atoms with Gasteiger partial charge in [-0.05, 0) is 29.9 Å². The summed E-state index contributed by atoms with van der Waals surface area (Å²) in [5.41, 5.74) is 3.68. The summed E-state index contributed by atoms with van der Waals surface area (Å²) in [4.78, 5) is 14.2. The molecule has 1 amide bonds. The molecule has 1 unspecified atom stereocenters. The van der Waals surface area contributed by atoms with Gasteiger partial charge in [0.1, 0.15) is 0 Å². The smallest absolute Gasteiger partial charge is 0.223 e. The molecule has 0 radical (unpaired) electrons.